The largest absolute Gasteiger partial charge is 0.496 e. The van der Waals surface area contributed by atoms with Crippen molar-refractivity contribution in [3.8, 4) is 5.75 Å². The summed E-state index contributed by atoms with van der Waals surface area (Å²) in [4.78, 5) is 26.1. The van der Waals surface area contributed by atoms with Crippen LogP contribution in [-0.4, -0.2) is 23.8 Å². The summed E-state index contributed by atoms with van der Waals surface area (Å²) in [5, 5.41) is 10.6. The van der Waals surface area contributed by atoms with E-state index >= 15 is 0 Å². The van der Waals surface area contributed by atoms with Crippen LogP contribution in [0.1, 0.15) is 62.4 Å². The number of methoxy groups -OCH3 is 1. The molecule has 2 unspecified atom stereocenters. The molecule has 0 fully saturated rings. The molecular formula is C20H18O4. The molecule has 0 aliphatic heterocycles. The predicted octanol–water partition coefficient (Wildman–Crippen LogP) is 3.09. The van der Waals surface area contributed by atoms with Gasteiger partial charge in [0.2, 0.25) is 0 Å². The zero-order valence-corrected chi connectivity index (χ0v) is 13.6. The third-order valence-electron chi connectivity index (χ3n) is 5.05. The molecule has 0 heterocycles. The van der Waals surface area contributed by atoms with Crippen molar-refractivity contribution in [3.05, 3.63) is 63.7 Å². The molecule has 0 saturated heterocycles. The second-order valence-electron chi connectivity index (χ2n) is 6.66. The predicted molar refractivity (Wildman–Crippen MR) is 88.7 cm³/mol. The molecule has 2 aliphatic carbocycles. The lowest BCUT2D eigenvalue weighted by Crippen LogP contribution is -2.27. The van der Waals surface area contributed by atoms with E-state index < -0.39 is 6.10 Å². The van der Waals surface area contributed by atoms with Gasteiger partial charge in [-0.2, -0.15) is 0 Å². The second-order valence-corrected chi connectivity index (χ2v) is 6.66. The highest BCUT2D eigenvalue weighted by Gasteiger charge is 2.37. The molecule has 2 aromatic carbocycles. The fraction of sp³-hybridized carbons (Fsp3) is 0.300. The van der Waals surface area contributed by atoms with E-state index in [0.717, 1.165) is 12.0 Å². The first kappa shape index (κ1) is 15.1. The van der Waals surface area contributed by atoms with Gasteiger partial charge in [-0.1, -0.05) is 25.1 Å². The number of benzene rings is 2. The van der Waals surface area contributed by atoms with Gasteiger partial charge in [-0.15, -0.1) is 0 Å². The number of rotatable bonds is 1. The minimum atomic E-state index is -0.706. The fourth-order valence-electron chi connectivity index (χ4n) is 4.01. The van der Waals surface area contributed by atoms with E-state index in [1.165, 1.54) is 7.11 Å². The van der Waals surface area contributed by atoms with E-state index in [-0.39, 0.29) is 11.6 Å². The van der Waals surface area contributed by atoms with E-state index in [9.17, 15) is 14.7 Å². The van der Waals surface area contributed by atoms with Crippen LogP contribution in [0.5, 0.6) is 5.75 Å². The Morgan fingerprint density at radius 3 is 2.50 bits per heavy atom. The maximum absolute atomic E-state index is 13.1. The first-order valence-electron chi connectivity index (χ1n) is 8.13. The number of carbonyl (C=O) groups excluding carboxylic acids is 2. The normalized spacial score (nSPS) is 21.8. The van der Waals surface area contributed by atoms with Crippen LogP contribution in [0, 0.1) is 5.92 Å². The van der Waals surface area contributed by atoms with Crippen molar-refractivity contribution >= 4 is 11.6 Å². The number of fused-ring (bicyclic) bond motifs is 4. The number of ether oxygens (including phenoxy) is 1. The van der Waals surface area contributed by atoms with Gasteiger partial charge >= 0.3 is 0 Å². The van der Waals surface area contributed by atoms with Crippen molar-refractivity contribution in [2.24, 2.45) is 5.92 Å². The number of aliphatic hydroxyl groups excluding tert-OH is 1. The number of ketones is 2. The molecule has 1 N–H and O–H groups in total. The molecule has 4 rings (SSSR count). The van der Waals surface area contributed by atoms with Gasteiger partial charge in [0, 0.05) is 16.7 Å². The lowest BCUT2D eigenvalue weighted by Gasteiger charge is -2.31. The lowest BCUT2D eigenvalue weighted by molar-refractivity contribution is 0.0963. The standard InChI is InChI=1S/C20H18O4/c1-10-8-11-6-7-13-18(16(11)14(21)9-10)20(23)12-4-3-5-15(24-2)17(12)19(13)22/h3-7,10,14,21H,8-9H2,1-2H3. The highest BCUT2D eigenvalue weighted by Crippen LogP contribution is 2.41. The summed E-state index contributed by atoms with van der Waals surface area (Å²) in [6.07, 6.45) is 0.713. The first-order chi connectivity index (χ1) is 11.5. The molecule has 4 heteroatoms. The van der Waals surface area contributed by atoms with Crippen LogP contribution in [0.4, 0.5) is 0 Å². The van der Waals surface area contributed by atoms with Gasteiger partial charge in [0.05, 0.1) is 18.8 Å². The Morgan fingerprint density at radius 1 is 1.04 bits per heavy atom. The minimum absolute atomic E-state index is 0.205. The first-order valence-corrected chi connectivity index (χ1v) is 8.13. The zero-order valence-electron chi connectivity index (χ0n) is 13.6. The molecule has 2 aliphatic rings. The summed E-state index contributed by atoms with van der Waals surface area (Å²) < 4.78 is 5.27. The summed E-state index contributed by atoms with van der Waals surface area (Å²) in [5.74, 6) is 0.338. The Hall–Kier alpha value is -2.46. The van der Waals surface area contributed by atoms with Crippen LogP contribution in [0.2, 0.25) is 0 Å². The van der Waals surface area contributed by atoms with E-state index in [1.807, 2.05) is 6.07 Å². The molecule has 0 bridgehead atoms. The molecule has 0 saturated carbocycles. The van der Waals surface area contributed by atoms with Gasteiger partial charge in [0.25, 0.3) is 0 Å². The second kappa shape index (κ2) is 5.28. The average molecular weight is 322 g/mol. The van der Waals surface area contributed by atoms with Crippen molar-refractivity contribution in [3.63, 3.8) is 0 Å². The molecule has 0 spiro atoms. The van der Waals surface area contributed by atoms with Crippen LogP contribution in [0.25, 0.3) is 0 Å². The SMILES string of the molecule is COc1cccc2c1C(=O)c1ccc3c(c1C2=O)C(O)CC(C)C3. The summed E-state index contributed by atoms with van der Waals surface area (Å²) in [5.41, 5.74) is 3.01. The molecule has 2 atom stereocenters. The lowest BCUT2D eigenvalue weighted by atomic mass is 9.74. The molecule has 122 valence electrons. The Kier molecular flexibility index (Phi) is 3.32. The highest BCUT2D eigenvalue weighted by molar-refractivity contribution is 6.30. The Balaban J connectivity index is 1.99. The molecule has 0 radical (unpaired) electrons. The Bertz CT molecular complexity index is 881. The molecule has 24 heavy (non-hydrogen) atoms. The van der Waals surface area contributed by atoms with Crippen molar-refractivity contribution in [2.45, 2.75) is 25.9 Å². The summed E-state index contributed by atoms with van der Waals surface area (Å²) in [6, 6.07) is 8.64. The van der Waals surface area contributed by atoms with Gasteiger partial charge in [-0.3, -0.25) is 9.59 Å². The number of hydrogen-bond donors (Lipinski definition) is 1. The molecular weight excluding hydrogens is 304 g/mol. The van der Waals surface area contributed by atoms with E-state index in [1.54, 1.807) is 24.3 Å². The zero-order chi connectivity index (χ0) is 17.0. The maximum Gasteiger partial charge on any atom is 0.198 e. The van der Waals surface area contributed by atoms with Gasteiger partial charge in [0.1, 0.15) is 5.75 Å². The maximum atomic E-state index is 13.1. The fourth-order valence-corrected chi connectivity index (χ4v) is 4.01. The van der Waals surface area contributed by atoms with Gasteiger partial charge < -0.3 is 9.84 Å². The minimum Gasteiger partial charge on any atom is -0.496 e. The van der Waals surface area contributed by atoms with E-state index in [0.29, 0.717) is 45.9 Å². The van der Waals surface area contributed by atoms with Crippen molar-refractivity contribution < 1.29 is 19.4 Å². The van der Waals surface area contributed by atoms with Gasteiger partial charge in [-0.25, -0.2) is 0 Å². The monoisotopic (exact) mass is 322 g/mol. The molecule has 0 amide bonds. The van der Waals surface area contributed by atoms with Crippen LogP contribution in [-0.2, 0) is 6.42 Å². The van der Waals surface area contributed by atoms with Crippen LogP contribution in [0.3, 0.4) is 0 Å². The molecule has 4 nitrogen and oxygen atoms in total. The number of hydrogen-bond acceptors (Lipinski definition) is 4. The van der Waals surface area contributed by atoms with Crippen LogP contribution < -0.4 is 4.74 Å². The highest BCUT2D eigenvalue weighted by atomic mass is 16.5. The van der Waals surface area contributed by atoms with Crippen LogP contribution >= 0.6 is 0 Å². The summed E-state index contributed by atoms with van der Waals surface area (Å²) >= 11 is 0. The summed E-state index contributed by atoms with van der Waals surface area (Å²) in [7, 11) is 1.49. The van der Waals surface area contributed by atoms with E-state index in [2.05, 4.69) is 6.92 Å². The Labute approximate surface area is 140 Å². The summed E-state index contributed by atoms with van der Waals surface area (Å²) in [6.45, 7) is 2.08. The van der Waals surface area contributed by atoms with Crippen molar-refractivity contribution in [2.75, 3.05) is 7.11 Å². The quantitative estimate of drug-likeness (QED) is 0.748. The smallest absolute Gasteiger partial charge is 0.198 e. The van der Waals surface area contributed by atoms with E-state index in [4.69, 9.17) is 4.74 Å². The van der Waals surface area contributed by atoms with Gasteiger partial charge in [-0.05, 0) is 42.0 Å². The van der Waals surface area contributed by atoms with Crippen molar-refractivity contribution in [1.29, 1.82) is 0 Å². The van der Waals surface area contributed by atoms with Gasteiger partial charge in [0.15, 0.2) is 11.6 Å². The Morgan fingerprint density at radius 2 is 1.75 bits per heavy atom. The van der Waals surface area contributed by atoms with Crippen molar-refractivity contribution in [1.82, 2.24) is 0 Å². The number of aliphatic hydroxyl groups is 1. The number of carbonyl (C=O) groups is 2. The molecule has 2 aromatic rings. The third kappa shape index (κ3) is 1.96. The topological polar surface area (TPSA) is 63.6 Å². The average Bonchev–Trinajstić information content (AvgIpc) is 2.57. The molecule has 0 aromatic heterocycles. The third-order valence-corrected chi connectivity index (χ3v) is 5.05. The van der Waals surface area contributed by atoms with Crippen LogP contribution in [0.15, 0.2) is 30.3 Å².